The molecule has 3 amide bonds. The minimum Gasteiger partial charge on any atom is -0.497 e. The van der Waals surface area contributed by atoms with Gasteiger partial charge in [0.2, 0.25) is 11.8 Å². The molecule has 0 bridgehead atoms. The minimum absolute atomic E-state index is 0.120. The highest BCUT2D eigenvalue weighted by atomic mass is 16.5. The van der Waals surface area contributed by atoms with Crippen LogP contribution in [0.5, 0.6) is 17.2 Å². The molecule has 5 N–H and O–H groups in total. The third-order valence-electron chi connectivity index (χ3n) is 9.28. The van der Waals surface area contributed by atoms with E-state index >= 15 is 0 Å². The number of carbonyl (C=O) groups excluding carboxylic acids is 3. The van der Waals surface area contributed by atoms with Crippen LogP contribution in [-0.2, 0) is 27.2 Å². The molecule has 0 spiro atoms. The lowest BCUT2D eigenvalue weighted by atomic mass is 9.96. The highest BCUT2D eigenvalue weighted by Crippen LogP contribution is 2.34. The summed E-state index contributed by atoms with van der Waals surface area (Å²) in [4.78, 5) is 40.0. The Morgan fingerprint density at radius 1 is 0.691 bits per heavy atom. The lowest BCUT2D eigenvalue weighted by Crippen LogP contribution is -2.52. The second-order valence-corrected chi connectivity index (χ2v) is 13.2. The minimum atomic E-state index is -0.880. The van der Waals surface area contributed by atoms with Gasteiger partial charge < -0.3 is 35.9 Å². The molecule has 5 rings (SSSR count). The monoisotopic (exact) mass is 742 g/mol. The number of methoxy groups -OCH3 is 2. The molecule has 0 saturated carbocycles. The van der Waals surface area contributed by atoms with Crippen molar-refractivity contribution in [2.45, 2.75) is 50.7 Å². The summed E-state index contributed by atoms with van der Waals surface area (Å²) in [5.74, 6) is 0.581. The van der Waals surface area contributed by atoms with Crippen LogP contribution in [0.15, 0.2) is 127 Å². The standard InChI is InChI=1S/C45H50N4O6/c1-4-47-42(50)30-55-36-24-22-35(23-25-36)43(38-27-26-37(53-2)29-41(38)54-3)49-45(52)40(17-11-14-31-12-7-5-8-13-31)48-44(51)39(46)28-32-18-20-34(21-19-32)33-15-9-6-10-16-33/h5-10,12-13,15-16,18-27,29,39-40,43H,4,11,14,17,28,30,46H2,1-3H3,(H,47,50)(H,48,51)(H,49,52)/t39?,40-,43?/m0/s1. The van der Waals surface area contributed by atoms with Crippen LogP contribution in [0.1, 0.15) is 48.1 Å². The summed E-state index contributed by atoms with van der Waals surface area (Å²) >= 11 is 0. The number of hydrogen-bond acceptors (Lipinski definition) is 7. The molecular formula is C45H50N4O6. The van der Waals surface area contributed by atoms with Gasteiger partial charge in [-0.1, -0.05) is 97.1 Å². The highest BCUT2D eigenvalue weighted by Gasteiger charge is 2.28. The first-order valence-electron chi connectivity index (χ1n) is 18.5. The number of hydrogen-bond donors (Lipinski definition) is 4. The lowest BCUT2D eigenvalue weighted by molar-refractivity contribution is -0.130. The predicted molar refractivity (Wildman–Crippen MR) is 215 cm³/mol. The van der Waals surface area contributed by atoms with E-state index in [0.717, 1.165) is 34.2 Å². The van der Waals surface area contributed by atoms with E-state index in [9.17, 15) is 14.4 Å². The summed E-state index contributed by atoms with van der Waals surface area (Å²) in [7, 11) is 3.12. The van der Waals surface area contributed by atoms with Gasteiger partial charge in [-0.05, 0) is 84.7 Å². The predicted octanol–water partition coefficient (Wildman–Crippen LogP) is 6.17. The van der Waals surface area contributed by atoms with Gasteiger partial charge in [0, 0.05) is 18.2 Å². The molecule has 0 aromatic heterocycles. The van der Waals surface area contributed by atoms with Gasteiger partial charge in [0.25, 0.3) is 5.91 Å². The Hall–Kier alpha value is -6.13. The Morgan fingerprint density at radius 3 is 2.00 bits per heavy atom. The molecule has 286 valence electrons. The van der Waals surface area contributed by atoms with Crippen molar-refractivity contribution in [3.05, 3.63) is 150 Å². The fourth-order valence-corrected chi connectivity index (χ4v) is 6.31. The topological polar surface area (TPSA) is 141 Å². The Balaban J connectivity index is 1.36. The number of benzene rings is 5. The molecule has 5 aromatic carbocycles. The van der Waals surface area contributed by atoms with Crippen molar-refractivity contribution < 1.29 is 28.6 Å². The van der Waals surface area contributed by atoms with Gasteiger partial charge >= 0.3 is 0 Å². The highest BCUT2D eigenvalue weighted by molar-refractivity contribution is 5.90. The Kier molecular flexibility index (Phi) is 14.8. The second kappa shape index (κ2) is 20.4. The van der Waals surface area contributed by atoms with Gasteiger partial charge in [-0.3, -0.25) is 14.4 Å². The first-order valence-corrected chi connectivity index (χ1v) is 18.5. The van der Waals surface area contributed by atoms with Crippen molar-refractivity contribution in [1.82, 2.24) is 16.0 Å². The molecule has 10 nitrogen and oxygen atoms in total. The summed E-state index contributed by atoms with van der Waals surface area (Å²) in [5.41, 5.74) is 12.1. The van der Waals surface area contributed by atoms with Gasteiger partial charge in [0.1, 0.15) is 23.3 Å². The lowest BCUT2D eigenvalue weighted by Gasteiger charge is -2.26. The van der Waals surface area contributed by atoms with E-state index in [1.54, 1.807) is 38.5 Å². The molecule has 5 aromatic rings. The average molecular weight is 743 g/mol. The maximum absolute atomic E-state index is 14.4. The number of likely N-dealkylation sites (N-methyl/N-ethyl adjacent to an activating group) is 1. The molecule has 10 heteroatoms. The zero-order chi connectivity index (χ0) is 39.0. The summed E-state index contributed by atoms with van der Waals surface area (Å²) in [6.45, 7) is 2.23. The van der Waals surface area contributed by atoms with E-state index < -0.39 is 24.0 Å². The quantitative estimate of drug-likeness (QED) is 0.0794. The van der Waals surface area contributed by atoms with Crippen LogP contribution >= 0.6 is 0 Å². The maximum Gasteiger partial charge on any atom is 0.257 e. The Labute approximate surface area is 323 Å². The van der Waals surface area contributed by atoms with Crippen molar-refractivity contribution in [3.63, 3.8) is 0 Å². The van der Waals surface area contributed by atoms with Crippen molar-refractivity contribution in [3.8, 4) is 28.4 Å². The van der Waals surface area contributed by atoms with Crippen molar-refractivity contribution in [1.29, 1.82) is 0 Å². The first kappa shape index (κ1) is 40.1. The van der Waals surface area contributed by atoms with Gasteiger partial charge in [0.05, 0.1) is 26.3 Å². The summed E-state index contributed by atoms with van der Waals surface area (Å²) in [6.07, 6.45) is 2.06. The third-order valence-corrected chi connectivity index (χ3v) is 9.28. The fraction of sp³-hybridized carbons (Fsp3) is 0.267. The molecule has 0 aliphatic carbocycles. The summed E-state index contributed by atoms with van der Waals surface area (Å²) in [6, 6.07) is 38.1. The van der Waals surface area contributed by atoms with Crippen LogP contribution < -0.4 is 35.9 Å². The molecule has 0 aliphatic heterocycles. The molecular weight excluding hydrogens is 693 g/mol. The van der Waals surface area contributed by atoms with Crippen LogP contribution in [0.3, 0.4) is 0 Å². The van der Waals surface area contributed by atoms with Crippen molar-refractivity contribution in [2.75, 3.05) is 27.4 Å². The van der Waals surface area contributed by atoms with E-state index in [4.69, 9.17) is 19.9 Å². The Morgan fingerprint density at radius 2 is 1.35 bits per heavy atom. The van der Waals surface area contributed by atoms with Gasteiger partial charge in [-0.25, -0.2) is 0 Å². The molecule has 0 fully saturated rings. The molecule has 2 unspecified atom stereocenters. The molecule has 0 aliphatic rings. The zero-order valence-electron chi connectivity index (χ0n) is 31.6. The fourth-order valence-electron chi connectivity index (χ4n) is 6.31. The number of ether oxygens (including phenoxy) is 3. The largest absolute Gasteiger partial charge is 0.497 e. The summed E-state index contributed by atoms with van der Waals surface area (Å²) < 4.78 is 16.9. The number of aryl methyl sites for hydroxylation is 1. The molecule has 0 saturated heterocycles. The SMILES string of the molecule is CCNC(=O)COc1ccc(C(NC(=O)[C@H](CCCc2ccccc2)NC(=O)C(N)Cc2ccc(-c3ccccc3)cc2)c2ccc(OC)cc2OC)cc1. The van der Waals surface area contributed by atoms with Crippen LogP contribution in [0.25, 0.3) is 11.1 Å². The average Bonchev–Trinajstić information content (AvgIpc) is 3.22. The molecule has 0 radical (unpaired) electrons. The molecule has 3 atom stereocenters. The Bertz CT molecular complexity index is 1970. The summed E-state index contributed by atoms with van der Waals surface area (Å²) in [5, 5.41) is 8.88. The number of rotatable bonds is 19. The number of nitrogens with two attached hydrogens (primary N) is 1. The third kappa shape index (κ3) is 11.7. The van der Waals surface area contributed by atoms with Crippen LogP contribution in [0.4, 0.5) is 0 Å². The van der Waals surface area contributed by atoms with E-state index in [1.807, 2.05) is 110 Å². The number of carbonyl (C=O) groups is 3. The zero-order valence-corrected chi connectivity index (χ0v) is 31.6. The van der Waals surface area contributed by atoms with Crippen molar-refractivity contribution in [2.24, 2.45) is 5.73 Å². The van der Waals surface area contributed by atoms with E-state index in [2.05, 4.69) is 16.0 Å². The second-order valence-electron chi connectivity index (χ2n) is 13.2. The first-order chi connectivity index (χ1) is 26.8. The van der Waals surface area contributed by atoms with E-state index in [0.29, 0.717) is 48.6 Å². The van der Waals surface area contributed by atoms with Crippen LogP contribution in [-0.4, -0.2) is 57.2 Å². The van der Waals surface area contributed by atoms with Crippen LogP contribution in [0.2, 0.25) is 0 Å². The van der Waals surface area contributed by atoms with Gasteiger partial charge in [-0.15, -0.1) is 0 Å². The molecule has 55 heavy (non-hydrogen) atoms. The number of nitrogens with one attached hydrogen (secondary N) is 3. The van der Waals surface area contributed by atoms with E-state index in [-0.39, 0.29) is 18.4 Å². The van der Waals surface area contributed by atoms with Crippen LogP contribution in [0, 0.1) is 0 Å². The maximum atomic E-state index is 14.4. The molecule has 0 heterocycles. The van der Waals surface area contributed by atoms with Gasteiger partial charge in [0.15, 0.2) is 6.61 Å². The number of amides is 3. The van der Waals surface area contributed by atoms with Crippen molar-refractivity contribution >= 4 is 17.7 Å². The normalized spacial score (nSPS) is 12.4. The van der Waals surface area contributed by atoms with E-state index in [1.165, 1.54) is 0 Å². The van der Waals surface area contributed by atoms with Gasteiger partial charge in [-0.2, -0.15) is 0 Å². The smallest absolute Gasteiger partial charge is 0.257 e.